The third-order valence-corrected chi connectivity index (χ3v) is 4.54. The monoisotopic (exact) mass is 354 g/mol. The number of halogens is 3. The van der Waals surface area contributed by atoms with Gasteiger partial charge in [0.2, 0.25) is 11.8 Å². The largest absolute Gasteiger partial charge is 0.424 e. The van der Waals surface area contributed by atoms with Gasteiger partial charge in [0.15, 0.2) is 0 Å². The fourth-order valence-corrected chi connectivity index (χ4v) is 3.00. The maximum atomic E-state index is 12.6. The van der Waals surface area contributed by atoms with Crippen LogP contribution in [0.25, 0.3) is 0 Å². The smallest absolute Gasteiger partial charge is 0.416 e. The topological polar surface area (TPSA) is 45.4 Å². The molecule has 0 radical (unpaired) electrons. The van der Waals surface area contributed by atoms with Gasteiger partial charge in [0.05, 0.1) is 11.6 Å². The number of nitrogens with zero attached hydrogens (tertiary/aromatic N) is 4. The molecule has 8 heteroatoms. The van der Waals surface area contributed by atoms with Crippen LogP contribution in [0.4, 0.5) is 13.2 Å². The molecule has 1 atom stereocenters. The first kappa shape index (κ1) is 17.9. The van der Waals surface area contributed by atoms with Crippen LogP contribution in [-0.2, 0) is 12.7 Å². The number of benzene rings is 1. The van der Waals surface area contributed by atoms with E-state index in [1.807, 2.05) is 6.92 Å². The number of rotatable bonds is 4. The molecule has 0 aliphatic carbocycles. The zero-order valence-corrected chi connectivity index (χ0v) is 14.3. The number of alkyl halides is 3. The summed E-state index contributed by atoms with van der Waals surface area (Å²) in [4.78, 5) is 4.51. The Kier molecular flexibility index (Phi) is 5.10. The SMILES string of the molecule is Cc1nnc([C@H](C)N2CCN(Cc3ccc(C(F)(F)F)cc3)CC2)o1. The van der Waals surface area contributed by atoms with E-state index < -0.39 is 11.7 Å². The molecule has 0 bridgehead atoms. The fraction of sp³-hybridized carbons (Fsp3) is 0.529. The van der Waals surface area contributed by atoms with Crippen molar-refractivity contribution in [1.82, 2.24) is 20.0 Å². The van der Waals surface area contributed by atoms with Crippen LogP contribution in [0.1, 0.15) is 35.9 Å². The van der Waals surface area contributed by atoms with Crippen molar-refractivity contribution in [3.8, 4) is 0 Å². The van der Waals surface area contributed by atoms with E-state index in [0.29, 0.717) is 18.3 Å². The van der Waals surface area contributed by atoms with Crippen LogP contribution in [-0.4, -0.2) is 46.2 Å². The average Bonchev–Trinajstić information content (AvgIpc) is 3.01. The molecule has 2 heterocycles. The van der Waals surface area contributed by atoms with Crippen LogP contribution in [0.2, 0.25) is 0 Å². The lowest BCUT2D eigenvalue weighted by molar-refractivity contribution is -0.137. The van der Waals surface area contributed by atoms with E-state index in [9.17, 15) is 13.2 Å². The van der Waals surface area contributed by atoms with Gasteiger partial charge in [-0.2, -0.15) is 13.2 Å². The summed E-state index contributed by atoms with van der Waals surface area (Å²) in [6, 6.07) is 5.46. The first-order valence-corrected chi connectivity index (χ1v) is 8.25. The van der Waals surface area contributed by atoms with Crippen molar-refractivity contribution in [1.29, 1.82) is 0 Å². The molecule has 25 heavy (non-hydrogen) atoms. The summed E-state index contributed by atoms with van der Waals surface area (Å²) in [5.74, 6) is 1.18. The van der Waals surface area contributed by atoms with Crippen molar-refractivity contribution in [2.24, 2.45) is 0 Å². The summed E-state index contributed by atoms with van der Waals surface area (Å²) in [5.41, 5.74) is 0.284. The zero-order valence-electron chi connectivity index (χ0n) is 14.3. The number of aryl methyl sites for hydroxylation is 1. The molecule has 3 rings (SSSR count). The highest BCUT2D eigenvalue weighted by molar-refractivity contribution is 5.24. The van der Waals surface area contributed by atoms with Crippen molar-refractivity contribution >= 4 is 0 Å². The average molecular weight is 354 g/mol. The Bertz CT molecular complexity index is 691. The molecule has 1 saturated heterocycles. The fourth-order valence-electron chi connectivity index (χ4n) is 3.00. The number of piperazine rings is 1. The Morgan fingerprint density at radius 2 is 1.72 bits per heavy atom. The standard InChI is InChI=1S/C17H21F3N4O/c1-12(16-22-21-13(2)25-16)24-9-7-23(8-10-24)11-14-3-5-15(6-4-14)17(18,19)20/h3-6,12H,7-11H2,1-2H3/t12-/m0/s1. The molecule has 0 unspecified atom stereocenters. The van der Waals surface area contributed by atoms with Crippen molar-refractivity contribution < 1.29 is 17.6 Å². The van der Waals surface area contributed by atoms with Crippen molar-refractivity contribution in [2.75, 3.05) is 26.2 Å². The van der Waals surface area contributed by atoms with E-state index in [-0.39, 0.29) is 6.04 Å². The van der Waals surface area contributed by atoms with Crippen LogP contribution >= 0.6 is 0 Å². The summed E-state index contributed by atoms with van der Waals surface area (Å²) in [6.45, 7) is 7.85. The Hall–Kier alpha value is -1.93. The van der Waals surface area contributed by atoms with Crippen LogP contribution in [0.15, 0.2) is 28.7 Å². The molecular formula is C17H21F3N4O. The molecule has 1 aromatic carbocycles. The Labute approximate surface area is 144 Å². The van der Waals surface area contributed by atoms with E-state index >= 15 is 0 Å². The van der Waals surface area contributed by atoms with Gasteiger partial charge in [0.1, 0.15) is 0 Å². The Balaban J connectivity index is 1.52. The predicted molar refractivity (Wildman–Crippen MR) is 85.7 cm³/mol. The van der Waals surface area contributed by atoms with Crippen molar-refractivity contribution in [2.45, 2.75) is 32.6 Å². The molecule has 5 nitrogen and oxygen atoms in total. The number of hydrogen-bond acceptors (Lipinski definition) is 5. The van der Waals surface area contributed by atoms with Gasteiger partial charge in [-0.25, -0.2) is 0 Å². The van der Waals surface area contributed by atoms with Crippen LogP contribution in [0, 0.1) is 6.92 Å². The number of aromatic nitrogens is 2. The van der Waals surface area contributed by atoms with Gasteiger partial charge in [-0.05, 0) is 24.6 Å². The summed E-state index contributed by atoms with van der Waals surface area (Å²) >= 11 is 0. The van der Waals surface area contributed by atoms with Gasteiger partial charge in [-0.15, -0.1) is 10.2 Å². The summed E-state index contributed by atoms with van der Waals surface area (Å²) < 4.78 is 43.3. The normalized spacial score (nSPS) is 18.4. The Morgan fingerprint density at radius 3 is 2.24 bits per heavy atom. The van der Waals surface area contributed by atoms with Gasteiger partial charge >= 0.3 is 6.18 Å². The van der Waals surface area contributed by atoms with E-state index in [1.165, 1.54) is 0 Å². The lowest BCUT2D eigenvalue weighted by atomic mass is 10.1. The molecule has 136 valence electrons. The van der Waals surface area contributed by atoms with E-state index in [1.54, 1.807) is 19.1 Å². The zero-order chi connectivity index (χ0) is 18.0. The summed E-state index contributed by atoms with van der Waals surface area (Å²) in [5, 5.41) is 7.94. The second kappa shape index (κ2) is 7.13. The molecular weight excluding hydrogens is 333 g/mol. The molecule has 1 aliphatic rings. The van der Waals surface area contributed by atoms with Gasteiger partial charge < -0.3 is 4.42 Å². The second-order valence-corrected chi connectivity index (χ2v) is 6.34. The summed E-state index contributed by atoms with van der Waals surface area (Å²) in [6.07, 6.45) is -4.28. The quantitative estimate of drug-likeness (QED) is 0.843. The third-order valence-electron chi connectivity index (χ3n) is 4.54. The molecule has 0 N–H and O–H groups in total. The molecule has 0 amide bonds. The lowest BCUT2D eigenvalue weighted by Gasteiger charge is -2.36. The lowest BCUT2D eigenvalue weighted by Crippen LogP contribution is -2.46. The highest BCUT2D eigenvalue weighted by atomic mass is 19.4. The molecule has 1 aliphatic heterocycles. The maximum absolute atomic E-state index is 12.6. The molecule has 1 fully saturated rings. The number of hydrogen-bond donors (Lipinski definition) is 0. The highest BCUT2D eigenvalue weighted by Crippen LogP contribution is 2.29. The first-order valence-electron chi connectivity index (χ1n) is 8.25. The van der Waals surface area contributed by atoms with E-state index in [2.05, 4.69) is 20.0 Å². The van der Waals surface area contributed by atoms with Crippen molar-refractivity contribution in [3.63, 3.8) is 0 Å². The van der Waals surface area contributed by atoms with Crippen LogP contribution < -0.4 is 0 Å². The maximum Gasteiger partial charge on any atom is 0.416 e. The minimum absolute atomic E-state index is 0.0643. The molecule has 0 spiro atoms. The van der Waals surface area contributed by atoms with E-state index in [0.717, 1.165) is 43.9 Å². The molecule has 1 aromatic heterocycles. The second-order valence-electron chi connectivity index (χ2n) is 6.34. The molecule has 0 saturated carbocycles. The minimum Gasteiger partial charge on any atom is -0.424 e. The summed E-state index contributed by atoms with van der Waals surface area (Å²) in [7, 11) is 0. The van der Waals surface area contributed by atoms with Crippen molar-refractivity contribution in [3.05, 3.63) is 47.2 Å². The highest BCUT2D eigenvalue weighted by Gasteiger charge is 2.30. The minimum atomic E-state index is -4.28. The van der Waals surface area contributed by atoms with Gasteiger partial charge in [-0.1, -0.05) is 12.1 Å². The first-order chi connectivity index (χ1) is 11.8. The van der Waals surface area contributed by atoms with Crippen LogP contribution in [0.5, 0.6) is 0 Å². The van der Waals surface area contributed by atoms with Gasteiger partial charge in [0, 0.05) is 39.6 Å². The van der Waals surface area contributed by atoms with E-state index in [4.69, 9.17) is 4.42 Å². The predicted octanol–water partition coefficient (Wildman–Crippen LogP) is 3.28. The van der Waals surface area contributed by atoms with Crippen LogP contribution in [0.3, 0.4) is 0 Å². The molecule has 2 aromatic rings. The van der Waals surface area contributed by atoms with Gasteiger partial charge in [0.25, 0.3) is 0 Å². The Morgan fingerprint density at radius 1 is 1.08 bits per heavy atom. The third kappa shape index (κ3) is 4.38. The van der Waals surface area contributed by atoms with Gasteiger partial charge in [-0.3, -0.25) is 9.80 Å².